The van der Waals surface area contributed by atoms with Gasteiger partial charge in [0, 0.05) is 13.6 Å². The lowest BCUT2D eigenvalue weighted by Gasteiger charge is -2.16. The molecule has 0 fully saturated rings. The van der Waals surface area contributed by atoms with Gasteiger partial charge in [0.25, 0.3) is 5.91 Å². The van der Waals surface area contributed by atoms with Crippen LogP contribution in [-0.2, 0) is 9.59 Å². The number of carbonyl (C=O) groups excluding carboxylic acids is 1. The lowest BCUT2D eigenvalue weighted by molar-refractivity contribution is -0.138. The van der Waals surface area contributed by atoms with Crippen molar-refractivity contribution in [1.82, 2.24) is 4.90 Å². The van der Waals surface area contributed by atoms with Gasteiger partial charge in [-0.05, 0) is 24.6 Å². The molecule has 0 aliphatic heterocycles. The maximum absolute atomic E-state index is 11.7. The van der Waals surface area contributed by atoms with Crippen LogP contribution in [0.5, 0.6) is 5.75 Å². The molecule has 19 heavy (non-hydrogen) atoms. The number of ether oxygens (including phenoxy) is 1. The van der Waals surface area contributed by atoms with Gasteiger partial charge in [0.1, 0.15) is 5.75 Å². The van der Waals surface area contributed by atoms with E-state index in [2.05, 4.69) is 0 Å². The Hall–Kier alpha value is -1.75. The van der Waals surface area contributed by atoms with Gasteiger partial charge in [-0.1, -0.05) is 17.7 Å². The Bertz CT molecular complexity index is 476. The smallest absolute Gasteiger partial charge is 0.305 e. The highest BCUT2D eigenvalue weighted by Crippen LogP contribution is 2.24. The van der Waals surface area contributed by atoms with Crippen molar-refractivity contribution in [2.24, 2.45) is 0 Å². The molecule has 0 atom stereocenters. The van der Waals surface area contributed by atoms with E-state index in [1.54, 1.807) is 12.1 Å². The molecule has 6 heteroatoms. The van der Waals surface area contributed by atoms with Crippen LogP contribution in [0.2, 0.25) is 5.02 Å². The molecule has 1 aromatic carbocycles. The van der Waals surface area contributed by atoms with Gasteiger partial charge in [-0.15, -0.1) is 0 Å². The molecule has 0 aromatic heterocycles. The molecule has 0 aliphatic rings. The van der Waals surface area contributed by atoms with Crippen LogP contribution in [0.3, 0.4) is 0 Å². The molecule has 5 nitrogen and oxygen atoms in total. The van der Waals surface area contributed by atoms with Crippen LogP contribution < -0.4 is 4.74 Å². The number of aliphatic carboxylic acids is 1. The number of benzene rings is 1. The van der Waals surface area contributed by atoms with E-state index in [4.69, 9.17) is 21.4 Å². The van der Waals surface area contributed by atoms with Crippen LogP contribution in [0.15, 0.2) is 18.2 Å². The standard InChI is InChI=1S/C13H16ClNO4/c1-9-3-4-11(10(14)7-9)19-8-12(16)15(2)6-5-13(17)18/h3-4,7H,5-6,8H2,1-2H3,(H,17,18). The molecule has 0 bridgehead atoms. The van der Waals surface area contributed by atoms with Crippen molar-refractivity contribution in [3.05, 3.63) is 28.8 Å². The number of hydrogen-bond acceptors (Lipinski definition) is 3. The van der Waals surface area contributed by atoms with Gasteiger partial charge in [0.15, 0.2) is 6.61 Å². The van der Waals surface area contributed by atoms with Gasteiger partial charge >= 0.3 is 5.97 Å². The summed E-state index contributed by atoms with van der Waals surface area (Å²) in [5.74, 6) is -0.799. The quantitative estimate of drug-likeness (QED) is 0.868. The van der Waals surface area contributed by atoms with E-state index in [1.165, 1.54) is 11.9 Å². The van der Waals surface area contributed by atoms with E-state index in [0.717, 1.165) is 5.56 Å². The number of amides is 1. The molecule has 0 heterocycles. The van der Waals surface area contributed by atoms with Crippen molar-refractivity contribution in [2.45, 2.75) is 13.3 Å². The Morgan fingerprint density at radius 1 is 1.42 bits per heavy atom. The summed E-state index contributed by atoms with van der Waals surface area (Å²) in [6.07, 6.45) is -0.0898. The molecular weight excluding hydrogens is 270 g/mol. The summed E-state index contributed by atoms with van der Waals surface area (Å²) >= 11 is 5.97. The summed E-state index contributed by atoms with van der Waals surface area (Å²) in [6.45, 7) is 1.89. The van der Waals surface area contributed by atoms with Crippen molar-refractivity contribution in [2.75, 3.05) is 20.2 Å². The SMILES string of the molecule is Cc1ccc(OCC(=O)N(C)CCC(=O)O)c(Cl)c1. The Morgan fingerprint density at radius 2 is 2.11 bits per heavy atom. The predicted octanol–water partition coefficient (Wildman–Crippen LogP) is 1.96. The van der Waals surface area contributed by atoms with Crippen LogP contribution in [0.25, 0.3) is 0 Å². The van der Waals surface area contributed by atoms with Crippen LogP contribution >= 0.6 is 11.6 Å². The predicted molar refractivity (Wildman–Crippen MR) is 71.6 cm³/mol. The van der Waals surface area contributed by atoms with Crippen LogP contribution in [-0.4, -0.2) is 42.1 Å². The number of carboxylic acids is 1. The summed E-state index contributed by atoms with van der Waals surface area (Å²) in [4.78, 5) is 23.4. The molecule has 0 spiro atoms. The lowest BCUT2D eigenvalue weighted by Crippen LogP contribution is -2.33. The third kappa shape index (κ3) is 5.18. The van der Waals surface area contributed by atoms with Crippen molar-refractivity contribution in [1.29, 1.82) is 0 Å². The highest BCUT2D eigenvalue weighted by molar-refractivity contribution is 6.32. The molecule has 1 rings (SSSR count). The zero-order valence-corrected chi connectivity index (χ0v) is 11.6. The van der Waals surface area contributed by atoms with Gasteiger partial charge < -0.3 is 14.7 Å². The molecule has 1 aromatic rings. The molecule has 1 amide bonds. The van der Waals surface area contributed by atoms with Gasteiger partial charge in [0.2, 0.25) is 0 Å². The van der Waals surface area contributed by atoms with Gasteiger partial charge in [0.05, 0.1) is 11.4 Å². The van der Waals surface area contributed by atoms with Crippen LogP contribution in [0, 0.1) is 6.92 Å². The lowest BCUT2D eigenvalue weighted by atomic mass is 10.2. The van der Waals surface area contributed by atoms with E-state index < -0.39 is 5.97 Å². The second-order valence-electron chi connectivity index (χ2n) is 4.18. The van der Waals surface area contributed by atoms with Gasteiger partial charge in [-0.3, -0.25) is 9.59 Å². The minimum absolute atomic E-state index is 0.0898. The van der Waals surface area contributed by atoms with E-state index >= 15 is 0 Å². The van der Waals surface area contributed by atoms with E-state index in [-0.39, 0.29) is 25.5 Å². The number of carbonyl (C=O) groups is 2. The highest BCUT2D eigenvalue weighted by Gasteiger charge is 2.12. The molecule has 0 saturated carbocycles. The number of likely N-dealkylation sites (N-methyl/N-ethyl adjacent to an activating group) is 1. The first kappa shape index (κ1) is 15.3. The topological polar surface area (TPSA) is 66.8 Å². The summed E-state index contributed by atoms with van der Waals surface area (Å²) in [5, 5.41) is 8.97. The minimum Gasteiger partial charge on any atom is -0.482 e. The van der Waals surface area contributed by atoms with Crippen molar-refractivity contribution in [3.63, 3.8) is 0 Å². The Balaban J connectivity index is 2.47. The fourth-order valence-electron chi connectivity index (χ4n) is 1.36. The average Bonchev–Trinajstić information content (AvgIpc) is 2.34. The number of halogens is 1. The zero-order chi connectivity index (χ0) is 14.4. The van der Waals surface area contributed by atoms with Crippen LogP contribution in [0.4, 0.5) is 0 Å². The Labute approximate surface area is 116 Å². The monoisotopic (exact) mass is 285 g/mol. The maximum Gasteiger partial charge on any atom is 0.305 e. The fraction of sp³-hybridized carbons (Fsp3) is 0.385. The Morgan fingerprint density at radius 3 is 2.68 bits per heavy atom. The highest BCUT2D eigenvalue weighted by atomic mass is 35.5. The summed E-state index contributed by atoms with van der Waals surface area (Å²) in [6, 6.07) is 5.28. The maximum atomic E-state index is 11.7. The third-order valence-electron chi connectivity index (χ3n) is 2.53. The second kappa shape index (κ2) is 6.99. The third-order valence-corrected chi connectivity index (χ3v) is 2.82. The molecule has 0 radical (unpaired) electrons. The van der Waals surface area contributed by atoms with E-state index in [0.29, 0.717) is 10.8 Å². The number of carboxylic acid groups (broad SMARTS) is 1. The Kier molecular flexibility index (Phi) is 5.63. The average molecular weight is 286 g/mol. The number of nitrogens with zero attached hydrogens (tertiary/aromatic N) is 1. The normalized spacial score (nSPS) is 10.1. The largest absolute Gasteiger partial charge is 0.482 e. The number of rotatable bonds is 6. The molecular formula is C13H16ClNO4. The minimum atomic E-state index is -0.942. The fourth-order valence-corrected chi connectivity index (χ4v) is 1.65. The van der Waals surface area contributed by atoms with Crippen LogP contribution in [0.1, 0.15) is 12.0 Å². The van der Waals surface area contributed by atoms with Crippen molar-refractivity contribution < 1.29 is 19.4 Å². The molecule has 0 saturated heterocycles. The van der Waals surface area contributed by atoms with E-state index in [9.17, 15) is 9.59 Å². The first-order valence-electron chi connectivity index (χ1n) is 5.75. The molecule has 1 N–H and O–H groups in total. The van der Waals surface area contributed by atoms with Gasteiger partial charge in [-0.25, -0.2) is 0 Å². The first-order chi connectivity index (χ1) is 8.90. The molecule has 0 aliphatic carbocycles. The molecule has 0 unspecified atom stereocenters. The number of hydrogen-bond donors (Lipinski definition) is 1. The van der Waals surface area contributed by atoms with Crippen molar-refractivity contribution >= 4 is 23.5 Å². The number of aryl methyl sites for hydroxylation is 1. The summed E-state index contributed by atoms with van der Waals surface area (Å²) in [5.41, 5.74) is 1.00. The first-order valence-corrected chi connectivity index (χ1v) is 6.12. The van der Waals surface area contributed by atoms with Gasteiger partial charge in [-0.2, -0.15) is 0 Å². The summed E-state index contributed by atoms with van der Waals surface area (Å²) in [7, 11) is 1.53. The zero-order valence-electron chi connectivity index (χ0n) is 10.9. The summed E-state index contributed by atoms with van der Waals surface area (Å²) < 4.78 is 5.31. The van der Waals surface area contributed by atoms with Crippen molar-refractivity contribution in [3.8, 4) is 5.75 Å². The molecule has 104 valence electrons. The van der Waals surface area contributed by atoms with E-state index in [1.807, 2.05) is 13.0 Å². The second-order valence-corrected chi connectivity index (χ2v) is 4.59.